The molecule has 2 aromatic carbocycles. The molecule has 0 radical (unpaired) electrons. The minimum absolute atomic E-state index is 0.100. The van der Waals surface area contributed by atoms with E-state index in [0.29, 0.717) is 47.4 Å². The molecule has 1 fully saturated rings. The van der Waals surface area contributed by atoms with Crippen molar-refractivity contribution in [1.82, 2.24) is 15.0 Å². The average Bonchev–Trinajstić information content (AvgIpc) is 3.25. The van der Waals surface area contributed by atoms with Crippen molar-refractivity contribution in [2.24, 2.45) is 5.92 Å². The minimum Gasteiger partial charge on any atom is -0.338 e. The molecule has 0 aliphatic carbocycles. The first-order valence-corrected chi connectivity index (χ1v) is 11.2. The number of rotatable bonds is 4. The second-order valence-corrected chi connectivity index (χ2v) is 8.46. The summed E-state index contributed by atoms with van der Waals surface area (Å²) in [5.74, 6) is -0.976. The smallest absolute Gasteiger partial charge is 0.259 e. The Morgan fingerprint density at radius 3 is 2.65 bits per heavy atom. The molecule has 2 amide bonds. The molecule has 1 N–H and O–H groups in total. The molecule has 7 nitrogen and oxygen atoms in total. The fraction of sp³-hybridized carbons (Fsp3) is 0.231. The predicted octanol–water partition coefficient (Wildman–Crippen LogP) is 4.83. The number of para-hydroxylation sites is 1. The lowest BCUT2D eigenvalue weighted by Gasteiger charge is -2.32. The second-order valence-electron chi connectivity index (χ2n) is 8.46. The summed E-state index contributed by atoms with van der Waals surface area (Å²) in [7, 11) is 0. The Morgan fingerprint density at radius 1 is 1.12 bits per heavy atom. The second kappa shape index (κ2) is 9.05. The summed E-state index contributed by atoms with van der Waals surface area (Å²) in [5, 5.41) is 7.48. The Bertz CT molecular complexity index is 1350. The summed E-state index contributed by atoms with van der Waals surface area (Å²) in [5.41, 5.74) is 3.10. The standard InChI is InChI=1S/C26H23FN4O3/c1-16-23-21(14-22(29-25(23)34-30-16)17-9-11-19(27)12-10-17)26(33)31-13-5-6-18(15-31)24(32)28-20-7-3-2-4-8-20/h2-4,7-12,14,18H,5-6,13,15H2,1H3,(H,28,32). The quantitative estimate of drug-likeness (QED) is 0.473. The van der Waals surface area contributed by atoms with E-state index < -0.39 is 0 Å². The number of fused-ring (bicyclic) bond motifs is 1. The van der Waals surface area contributed by atoms with Crippen molar-refractivity contribution in [1.29, 1.82) is 0 Å². The van der Waals surface area contributed by atoms with E-state index in [0.717, 1.165) is 12.1 Å². The highest BCUT2D eigenvalue weighted by molar-refractivity contribution is 6.07. The van der Waals surface area contributed by atoms with Crippen LogP contribution in [0, 0.1) is 18.7 Å². The third-order valence-electron chi connectivity index (χ3n) is 6.11. The number of anilines is 1. The molecule has 0 bridgehead atoms. The first-order valence-electron chi connectivity index (χ1n) is 11.2. The van der Waals surface area contributed by atoms with Crippen molar-refractivity contribution in [3.63, 3.8) is 0 Å². The SMILES string of the molecule is Cc1noc2nc(-c3ccc(F)cc3)cc(C(=O)N3CCCC(C(=O)Nc4ccccc4)C3)c12. The zero-order chi connectivity index (χ0) is 23.7. The number of nitrogens with one attached hydrogen (secondary N) is 1. The van der Waals surface area contributed by atoms with E-state index in [1.54, 1.807) is 30.0 Å². The van der Waals surface area contributed by atoms with Gasteiger partial charge in [0.05, 0.1) is 28.3 Å². The van der Waals surface area contributed by atoms with E-state index in [2.05, 4.69) is 15.5 Å². The number of nitrogens with zero attached hydrogens (tertiary/aromatic N) is 3. The van der Waals surface area contributed by atoms with Crippen molar-refractivity contribution in [2.75, 3.05) is 18.4 Å². The van der Waals surface area contributed by atoms with Crippen molar-refractivity contribution in [3.8, 4) is 11.3 Å². The highest BCUT2D eigenvalue weighted by atomic mass is 19.1. The van der Waals surface area contributed by atoms with Crippen LogP contribution in [0.4, 0.5) is 10.1 Å². The van der Waals surface area contributed by atoms with Crippen LogP contribution in [0.25, 0.3) is 22.4 Å². The van der Waals surface area contributed by atoms with Crippen LogP contribution in [-0.2, 0) is 4.79 Å². The third kappa shape index (κ3) is 4.26. The minimum atomic E-state index is -0.357. The Kier molecular flexibility index (Phi) is 5.79. The number of aryl methyl sites for hydroxylation is 1. The molecule has 4 aromatic rings. The zero-order valence-corrected chi connectivity index (χ0v) is 18.6. The number of likely N-dealkylation sites (tertiary alicyclic amines) is 1. The van der Waals surface area contributed by atoms with Gasteiger partial charge in [-0.1, -0.05) is 23.4 Å². The van der Waals surface area contributed by atoms with Gasteiger partial charge in [0.1, 0.15) is 5.82 Å². The summed E-state index contributed by atoms with van der Waals surface area (Å²) in [6.07, 6.45) is 1.43. The van der Waals surface area contributed by atoms with Crippen molar-refractivity contribution < 1.29 is 18.5 Å². The molecule has 1 atom stereocenters. The molecule has 1 aliphatic heterocycles. The van der Waals surface area contributed by atoms with Gasteiger partial charge in [0.25, 0.3) is 11.6 Å². The van der Waals surface area contributed by atoms with Gasteiger partial charge in [0.2, 0.25) is 5.91 Å². The van der Waals surface area contributed by atoms with Crippen molar-refractivity contribution >= 4 is 28.6 Å². The molecule has 34 heavy (non-hydrogen) atoms. The van der Waals surface area contributed by atoms with E-state index in [4.69, 9.17) is 4.52 Å². The number of pyridine rings is 1. The molecule has 2 aromatic heterocycles. The summed E-state index contributed by atoms with van der Waals surface area (Å²) in [6.45, 7) is 2.62. The molecule has 3 heterocycles. The fourth-order valence-corrected chi connectivity index (χ4v) is 4.34. The van der Waals surface area contributed by atoms with Crippen LogP contribution in [0.2, 0.25) is 0 Å². The molecule has 8 heteroatoms. The van der Waals surface area contributed by atoms with Gasteiger partial charge < -0.3 is 14.7 Å². The molecule has 5 rings (SSSR count). The lowest BCUT2D eigenvalue weighted by molar-refractivity contribution is -0.121. The monoisotopic (exact) mass is 458 g/mol. The topological polar surface area (TPSA) is 88.3 Å². The number of piperidine rings is 1. The van der Waals surface area contributed by atoms with Gasteiger partial charge in [-0.3, -0.25) is 9.59 Å². The lowest BCUT2D eigenvalue weighted by atomic mass is 9.95. The molecule has 1 saturated heterocycles. The Labute approximate surface area is 195 Å². The molecular weight excluding hydrogens is 435 g/mol. The van der Waals surface area contributed by atoms with Crippen LogP contribution < -0.4 is 5.32 Å². The number of amides is 2. The first kappa shape index (κ1) is 21.8. The molecule has 1 aliphatic rings. The number of aromatic nitrogens is 2. The molecule has 172 valence electrons. The number of carbonyl (C=O) groups is 2. The van der Waals surface area contributed by atoms with E-state index in [-0.39, 0.29) is 29.3 Å². The third-order valence-corrected chi connectivity index (χ3v) is 6.11. The van der Waals surface area contributed by atoms with Crippen LogP contribution in [0.5, 0.6) is 0 Å². The molecular formula is C26H23FN4O3. The largest absolute Gasteiger partial charge is 0.338 e. The normalized spacial score (nSPS) is 15.9. The number of hydrogen-bond donors (Lipinski definition) is 1. The van der Waals surface area contributed by atoms with Gasteiger partial charge in [-0.2, -0.15) is 0 Å². The molecule has 0 spiro atoms. The van der Waals surface area contributed by atoms with Gasteiger partial charge >= 0.3 is 0 Å². The number of hydrogen-bond acceptors (Lipinski definition) is 5. The van der Waals surface area contributed by atoms with E-state index in [1.807, 2.05) is 30.3 Å². The Hall–Kier alpha value is -4.07. The average molecular weight is 458 g/mol. The van der Waals surface area contributed by atoms with Gasteiger partial charge in [-0.15, -0.1) is 0 Å². The zero-order valence-electron chi connectivity index (χ0n) is 18.6. The Balaban J connectivity index is 1.43. The van der Waals surface area contributed by atoms with E-state index in [1.165, 1.54) is 12.1 Å². The lowest BCUT2D eigenvalue weighted by Crippen LogP contribution is -2.43. The number of halogens is 1. The predicted molar refractivity (Wildman–Crippen MR) is 126 cm³/mol. The Morgan fingerprint density at radius 2 is 1.88 bits per heavy atom. The fourth-order valence-electron chi connectivity index (χ4n) is 4.34. The van der Waals surface area contributed by atoms with Crippen LogP contribution in [0.1, 0.15) is 28.9 Å². The van der Waals surface area contributed by atoms with Gasteiger partial charge in [0.15, 0.2) is 0 Å². The van der Waals surface area contributed by atoms with Gasteiger partial charge in [-0.05, 0) is 62.2 Å². The van der Waals surface area contributed by atoms with E-state index in [9.17, 15) is 14.0 Å². The first-order chi connectivity index (χ1) is 16.5. The molecule has 0 saturated carbocycles. The van der Waals surface area contributed by atoms with Crippen LogP contribution in [0.3, 0.4) is 0 Å². The van der Waals surface area contributed by atoms with Crippen molar-refractivity contribution in [3.05, 3.63) is 77.7 Å². The maximum absolute atomic E-state index is 13.7. The van der Waals surface area contributed by atoms with Gasteiger partial charge in [-0.25, -0.2) is 9.37 Å². The highest BCUT2D eigenvalue weighted by Crippen LogP contribution is 2.29. The summed E-state index contributed by atoms with van der Waals surface area (Å²) < 4.78 is 18.8. The van der Waals surface area contributed by atoms with Crippen molar-refractivity contribution in [2.45, 2.75) is 19.8 Å². The maximum Gasteiger partial charge on any atom is 0.259 e. The summed E-state index contributed by atoms with van der Waals surface area (Å²) in [4.78, 5) is 32.7. The summed E-state index contributed by atoms with van der Waals surface area (Å²) in [6, 6.07) is 16.9. The highest BCUT2D eigenvalue weighted by Gasteiger charge is 2.31. The van der Waals surface area contributed by atoms with Crippen LogP contribution >= 0.6 is 0 Å². The summed E-state index contributed by atoms with van der Waals surface area (Å²) >= 11 is 0. The number of benzene rings is 2. The maximum atomic E-state index is 13.7. The van der Waals surface area contributed by atoms with E-state index >= 15 is 0 Å². The van der Waals surface area contributed by atoms with Gasteiger partial charge in [0, 0.05) is 24.3 Å². The van der Waals surface area contributed by atoms with Crippen LogP contribution in [-0.4, -0.2) is 39.9 Å². The number of carbonyl (C=O) groups excluding carboxylic acids is 2. The molecule has 1 unspecified atom stereocenters. The van der Waals surface area contributed by atoms with Crippen LogP contribution in [0.15, 0.2) is 65.2 Å².